The Morgan fingerprint density at radius 2 is 1.50 bits per heavy atom. The Labute approximate surface area is 192 Å². The fourth-order valence-electron chi connectivity index (χ4n) is 9.27. The van der Waals surface area contributed by atoms with Gasteiger partial charge >= 0.3 is 0 Å². The van der Waals surface area contributed by atoms with Crippen LogP contribution in [0.5, 0.6) is 0 Å². The van der Waals surface area contributed by atoms with Crippen molar-refractivity contribution in [1.82, 2.24) is 4.57 Å². The molecule has 4 aliphatic rings. The lowest BCUT2D eigenvalue weighted by Crippen LogP contribution is -2.51. The Kier molecular flexibility index (Phi) is 4.10. The lowest BCUT2D eigenvalue weighted by atomic mass is 9.46. The normalized spacial score (nSPS) is 38.9. The molecule has 6 atom stereocenters. The molecule has 3 aromatic rings. The summed E-state index contributed by atoms with van der Waals surface area (Å²) in [5.74, 6) is 3.81. The van der Waals surface area contributed by atoms with E-state index in [0.29, 0.717) is 10.8 Å². The molecule has 0 N–H and O–H groups in total. The minimum absolute atomic E-state index is 0.509. The maximum atomic E-state index is 2.69. The van der Waals surface area contributed by atoms with Gasteiger partial charge in [-0.15, -0.1) is 0 Å². The van der Waals surface area contributed by atoms with Gasteiger partial charge in [-0.2, -0.15) is 0 Å². The summed E-state index contributed by atoms with van der Waals surface area (Å²) in [7, 11) is 0. The summed E-state index contributed by atoms with van der Waals surface area (Å²) in [6.45, 7) is 5.32. The second kappa shape index (κ2) is 6.75. The molecule has 1 heteroatoms. The van der Waals surface area contributed by atoms with E-state index in [0.717, 1.165) is 23.7 Å². The second-order valence-corrected chi connectivity index (χ2v) is 12.2. The molecular formula is C31H37N. The fraction of sp³-hybridized carbons (Fsp3) is 0.548. The van der Waals surface area contributed by atoms with E-state index in [2.05, 4.69) is 73.0 Å². The zero-order chi connectivity index (χ0) is 21.5. The highest BCUT2D eigenvalue weighted by atomic mass is 15.0. The van der Waals surface area contributed by atoms with E-state index in [4.69, 9.17) is 0 Å². The van der Waals surface area contributed by atoms with Crippen LogP contribution in [0.3, 0.4) is 0 Å². The van der Waals surface area contributed by atoms with Crippen LogP contribution in [0.25, 0.3) is 27.5 Å². The molecule has 0 amide bonds. The first-order valence-corrected chi connectivity index (χ1v) is 13.3. The van der Waals surface area contributed by atoms with Gasteiger partial charge in [0.05, 0.1) is 11.0 Å². The van der Waals surface area contributed by atoms with Gasteiger partial charge in [-0.05, 0) is 98.0 Å². The minimum Gasteiger partial charge on any atom is -0.313 e. The molecule has 7 rings (SSSR count). The summed E-state index contributed by atoms with van der Waals surface area (Å²) >= 11 is 0. The molecule has 3 saturated carbocycles. The van der Waals surface area contributed by atoms with E-state index in [1.807, 2.05) is 0 Å². The SMILES string of the molecule is C[C@@]12CCC[C@H]1[C@@H]1CCC3CC(n4c5ccccc5c5ccccc54)=CC[C@]3(C)[C@H]1CC2. The van der Waals surface area contributed by atoms with Gasteiger partial charge in [0.1, 0.15) is 0 Å². The van der Waals surface area contributed by atoms with Gasteiger partial charge < -0.3 is 4.57 Å². The predicted molar refractivity (Wildman–Crippen MR) is 135 cm³/mol. The molecular weight excluding hydrogens is 386 g/mol. The molecule has 0 radical (unpaired) electrons. The van der Waals surface area contributed by atoms with Gasteiger partial charge in [0.15, 0.2) is 0 Å². The van der Waals surface area contributed by atoms with Crippen molar-refractivity contribution in [3.05, 3.63) is 54.6 Å². The first kappa shape index (κ1) is 19.4. The highest BCUT2D eigenvalue weighted by Gasteiger charge is 2.57. The Morgan fingerprint density at radius 1 is 0.781 bits per heavy atom. The standard InChI is InChI=1S/C31H37N/c1-30-17-7-10-26(30)25-14-13-21-20-22(15-19-31(21,2)27(25)16-18-30)32-28-11-5-3-8-23(28)24-9-4-6-12-29(24)32/h3-6,8-9,11-12,15,21,25-27H,7,10,13-14,16-20H2,1-2H3/t21?,25-,26-,27-,30-,31-/m0/s1. The first-order valence-electron chi connectivity index (χ1n) is 13.3. The molecule has 32 heavy (non-hydrogen) atoms. The molecule has 0 saturated heterocycles. The zero-order valence-corrected chi connectivity index (χ0v) is 19.8. The van der Waals surface area contributed by atoms with Gasteiger partial charge in [-0.3, -0.25) is 0 Å². The molecule has 0 aliphatic heterocycles. The molecule has 1 heterocycles. The molecule has 1 aromatic heterocycles. The lowest BCUT2D eigenvalue weighted by Gasteiger charge is -2.59. The molecule has 4 aliphatic carbocycles. The molecule has 1 nitrogen and oxygen atoms in total. The van der Waals surface area contributed by atoms with Crippen molar-refractivity contribution in [1.29, 1.82) is 0 Å². The quantitative estimate of drug-likeness (QED) is 0.369. The number of rotatable bonds is 1. The van der Waals surface area contributed by atoms with Crippen LogP contribution < -0.4 is 0 Å². The van der Waals surface area contributed by atoms with Gasteiger partial charge in [0, 0.05) is 16.5 Å². The number of hydrogen-bond acceptors (Lipinski definition) is 0. The summed E-state index contributed by atoms with van der Waals surface area (Å²) in [6.07, 6.45) is 15.6. The van der Waals surface area contributed by atoms with Crippen LogP contribution in [0.1, 0.15) is 71.6 Å². The van der Waals surface area contributed by atoms with Crippen molar-refractivity contribution in [2.75, 3.05) is 0 Å². The van der Waals surface area contributed by atoms with Gasteiger partial charge in [0.25, 0.3) is 0 Å². The summed E-state index contributed by atoms with van der Waals surface area (Å²) in [5.41, 5.74) is 5.51. The monoisotopic (exact) mass is 423 g/mol. The smallest absolute Gasteiger partial charge is 0.0537 e. The lowest BCUT2D eigenvalue weighted by molar-refractivity contribution is -0.0864. The third kappa shape index (κ3) is 2.52. The van der Waals surface area contributed by atoms with Crippen LogP contribution >= 0.6 is 0 Å². The van der Waals surface area contributed by atoms with E-state index in [1.165, 1.54) is 79.6 Å². The van der Waals surface area contributed by atoms with Crippen molar-refractivity contribution in [3.63, 3.8) is 0 Å². The number of para-hydroxylation sites is 2. The van der Waals surface area contributed by atoms with Crippen LogP contribution in [0.4, 0.5) is 0 Å². The van der Waals surface area contributed by atoms with Crippen LogP contribution in [-0.2, 0) is 0 Å². The molecule has 3 fully saturated rings. The molecule has 166 valence electrons. The van der Waals surface area contributed by atoms with Crippen molar-refractivity contribution < 1.29 is 0 Å². The number of hydrogen-bond donors (Lipinski definition) is 0. The average Bonchev–Trinajstić information content (AvgIpc) is 3.37. The highest BCUT2D eigenvalue weighted by Crippen LogP contribution is 2.66. The van der Waals surface area contributed by atoms with Gasteiger partial charge in [-0.1, -0.05) is 62.7 Å². The summed E-state index contributed by atoms with van der Waals surface area (Å²) in [6, 6.07) is 18.0. The van der Waals surface area contributed by atoms with Crippen molar-refractivity contribution in [2.24, 2.45) is 34.5 Å². The van der Waals surface area contributed by atoms with Crippen LogP contribution in [0.15, 0.2) is 54.6 Å². The Bertz CT molecular complexity index is 1180. The van der Waals surface area contributed by atoms with E-state index in [-0.39, 0.29) is 0 Å². The third-order valence-corrected chi connectivity index (χ3v) is 10.9. The maximum Gasteiger partial charge on any atom is 0.0537 e. The Balaban J connectivity index is 1.29. The van der Waals surface area contributed by atoms with Gasteiger partial charge in [-0.25, -0.2) is 0 Å². The fourth-order valence-corrected chi connectivity index (χ4v) is 9.27. The van der Waals surface area contributed by atoms with E-state index >= 15 is 0 Å². The van der Waals surface area contributed by atoms with Crippen LogP contribution in [0, 0.1) is 34.5 Å². The number of fused-ring (bicyclic) bond motifs is 8. The molecule has 2 aromatic carbocycles. The first-order chi connectivity index (χ1) is 15.6. The molecule has 1 unspecified atom stereocenters. The second-order valence-electron chi connectivity index (χ2n) is 12.2. The van der Waals surface area contributed by atoms with E-state index in [9.17, 15) is 0 Å². The number of benzene rings is 2. The van der Waals surface area contributed by atoms with Crippen LogP contribution in [-0.4, -0.2) is 4.57 Å². The Morgan fingerprint density at radius 3 is 2.25 bits per heavy atom. The number of allylic oxidation sites excluding steroid dienone is 2. The largest absolute Gasteiger partial charge is 0.313 e. The van der Waals surface area contributed by atoms with Gasteiger partial charge in [0.2, 0.25) is 0 Å². The third-order valence-electron chi connectivity index (χ3n) is 10.9. The Hall–Kier alpha value is -2.02. The predicted octanol–water partition coefficient (Wildman–Crippen LogP) is 8.68. The maximum absolute atomic E-state index is 2.69. The zero-order valence-electron chi connectivity index (χ0n) is 19.8. The van der Waals surface area contributed by atoms with E-state index < -0.39 is 0 Å². The molecule has 0 spiro atoms. The number of nitrogens with zero attached hydrogens (tertiary/aromatic N) is 1. The van der Waals surface area contributed by atoms with E-state index in [1.54, 1.807) is 5.70 Å². The topological polar surface area (TPSA) is 4.93 Å². The van der Waals surface area contributed by atoms with Crippen molar-refractivity contribution in [3.8, 4) is 0 Å². The highest BCUT2D eigenvalue weighted by molar-refractivity contribution is 6.09. The molecule has 0 bridgehead atoms. The van der Waals surface area contributed by atoms with Crippen molar-refractivity contribution in [2.45, 2.75) is 71.6 Å². The van der Waals surface area contributed by atoms with Crippen molar-refractivity contribution >= 4 is 27.5 Å². The average molecular weight is 424 g/mol. The van der Waals surface area contributed by atoms with Crippen LogP contribution in [0.2, 0.25) is 0 Å². The summed E-state index contributed by atoms with van der Waals surface area (Å²) in [4.78, 5) is 0. The minimum atomic E-state index is 0.509. The number of aromatic nitrogens is 1. The summed E-state index contributed by atoms with van der Waals surface area (Å²) < 4.78 is 2.60. The summed E-state index contributed by atoms with van der Waals surface area (Å²) in [5, 5.41) is 2.79.